The number of carbonyl (C=O) groups is 2. The summed E-state index contributed by atoms with van der Waals surface area (Å²) >= 11 is 6.08. The highest BCUT2D eigenvalue weighted by Gasteiger charge is 2.41. The zero-order valence-electron chi connectivity index (χ0n) is 19.3. The summed E-state index contributed by atoms with van der Waals surface area (Å²) in [4.78, 5) is 25.2. The van der Waals surface area contributed by atoms with E-state index in [2.05, 4.69) is 15.5 Å². The molecule has 5 rings (SSSR count). The lowest BCUT2D eigenvalue weighted by molar-refractivity contribution is -0.173. The standard InChI is InChI=1S/C19H15ClFN3O3.C5H6F3NO/c1-9-22-18(24-27-9)17-14(7-12(20)8-15(17)21)11-2-4-13-10(6-11)3-5-16(13)23-19(25)26;6-5(7,8)4(10)9-3-1-2-3/h2,4,6-8,16,23H,3,5H2,1H3,(H,25,26);3H,1-2H2,(H,9,10)/t16-;/m0./s1. The van der Waals surface area contributed by atoms with Crippen molar-refractivity contribution in [2.24, 2.45) is 0 Å². The second kappa shape index (κ2) is 10.4. The first kappa shape index (κ1) is 26.4. The first-order chi connectivity index (χ1) is 17.4. The highest BCUT2D eigenvalue weighted by molar-refractivity contribution is 6.31. The molecule has 2 aromatic carbocycles. The fourth-order valence-electron chi connectivity index (χ4n) is 4.01. The summed E-state index contributed by atoms with van der Waals surface area (Å²) in [5, 5.41) is 17.4. The van der Waals surface area contributed by atoms with Crippen LogP contribution in [0.5, 0.6) is 0 Å². The number of amides is 2. The number of carbonyl (C=O) groups excluding carboxylic acids is 1. The topological polar surface area (TPSA) is 117 Å². The number of aryl methyl sites for hydroxylation is 2. The van der Waals surface area contributed by atoms with E-state index in [4.69, 9.17) is 21.2 Å². The van der Waals surface area contributed by atoms with Gasteiger partial charge in [-0.2, -0.15) is 18.2 Å². The normalized spacial score (nSPS) is 16.4. The van der Waals surface area contributed by atoms with Gasteiger partial charge in [0.15, 0.2) is 0 Å². The molecule has 1 heterocycles. The third kappa shape index (κ3) is 6.37. The molecule has 0 aliphatic heterocycles. The lowest BCUT2D eigenvalue weighted by atomic mass is 9.95. The Hall–Kier alpha value is -3.67. The maximum atomic E-state index is 14.7. The van der Waals surface area contributed by atoms with E-state index in [9.17, 15) is 27.2 Å². The molecule has 2 aliphatic rings. The number of aromatic nitrogens is 2. The molecular weight excluding hydrogens is 520 g/mol. The van der Waals surface area contributed by atoms with Crippen LogP contribution in [0.25, 0.3) is 22.5 Å². The molecule has 2 amide bonds. The van der Waals surface area contributed by atoms with E-state index in [1.807, 2.05) is 23.5 Å². The quantitative estimate of drug-likeness (QED) is 0.372. The molecule has 0 unspecified atom stereocenters. The summed E-state index contributed by atoms with van der Waals surface area (Å²) in [7, 11) is 0. The molecule has 0 saturated heterocycles. The van der Waals surface area contributed by atoms with Gasteiger partial charge in [-0.15, -0.1) is 0 Å². The molecule has 3 N–H and O–H groups in total. The molecule has 0 bridgehead atoms. The van der Waals surface area contributed by atoms with Crippen LogP contribution in [-0.4, -0.2) is 39.5 Å². The fourth-order valence-corrected chi connectivity index (χ4v) is 4.21. The number of carboxylic acid groups (broad SMARTS) is 1. The van der Waals surface area contributed by atoms with Crippen LogP contribution in [0.1, 0.15) is 42.3 Å². The van der Waals surface area contributed by atoms with Gasteiger partial charge in [-0.1, -0.05) is 35.0 Å². The van der Waals surface area contributed by atoms with E-state index in [1.165, 1.54) is 6.07 Å². The van der Waals surface area contributed by atoms with Crippen molar-refractivity contribution in [1.29, 1.82) is 0 Å². The van der Waals surface area contributed by atoms with E-state index in [0.29, 0.717) is 30.7 Å². The molecule has 1 fully saturated rings. The minimum atomic E-state index is -4.72. The monoisotopic (exact) mass is 540 g/mol. The van der Waals surface area contributed by atoms with Gasteiger partial charge in [-0.3, -0.25) is 4.79 Å². The number of hydrogen-bond donors (Lipinski definition) is 3. The number of alkyl halides is 3. The van der Waals surface area contributed by atoms with Gasteiger partial charge in [0.1, 0.15) is 5.82 Å². The molecule has 13 heteroatoms. The number of nitrogens with one attached hydrogen (secondary N) is 2. The van der Waals surface area contributed by atoms with Crippen molar-refractivity contribution in [1.82, 2.24) is 20.8 Å². The van der Waals surface area contributed by atoms with Gasteiger partial charge in [0.25, 0.3) is 0 Å². The van der Waals surface area contributed by atoms with Crippen LogP contribution in [0.4, 0.5) is 22.4 Å². The van der Waals surface area contributed by atoms with Crippen LogP contribution in [0.15, 0.2) is 34.9 Å². The molecule has 8 nitrogen and oxygen atoms in total. The molecule has 37 heavy (non-hydrogen) atoms. The molecule has 0 spiro atoms. The molecule has 0 radical (unpaired) electrons. The van der Waals surface area contributed by atoms with Crippen molar-refractivity contribution in [3.05, 3.63) is 58.2 Å². The largest absolute Gasteiger partial charge is 0.471 e. The maximum Gasteiger partial charge on any atom is 0.471 e. The van der Waals surface area contributed by atoms with Crippen LogP contribution in [0.2, 0.25) is 5.02 Å². The average molecular weight is 541 g/mol. The SMILES string of the molecule is Cc1nc(-c2c(F)cc(Cl)cc2-c2ccc3c(c2)CC[C@@H]3NC(=O)O)no1.O=C(NC1CC1)C(F)(F)F. The first-order valence-electron chi connectivity index (χ1n) is 11.2. The Morgan fingerprint density at radius 1 is 1.14 bits per heavy atom. The summed E-state index contributed by atoms with van der Waals surface area (Å²) in [6.45, 7) is 1.63. The maximum absolute atomic E-state index is 14.7. The number of fused-ring (bicyclic) bond motifs is 1. The second-order valence-electron chi connectivity index (χ2n) is 8.65. The van der Waals surface area contributed by atoms with E-state index < -0.39 is 24.0 Å². The molecule has 2 aliphatic carbocycles. The Morgan fingerprint density at radius 3 is 2.46 bits per heavy atom. The lowest BCUT2D eigenvalue weighted by Crippen LogP contribution is -2.37. The zero-order valence-corrected chi connectivity index (χ0v) is 20.1. The lowest BCUT2D eigenvalue weighted by Gasteiger charge is -2.13. The van der Waals surface area contributed by atoms with Crippen LogP contribution in [0.3, 0.4) is 0 Å². The van der Waals surface area contributed by atoms with Crippen molar-refractivity contribution < 1.29 is 36.8 Å². The summed E-state index contributed by atoms with van der Waals surface area (Å²) in [6.07, 6.45) is -3.02. The van der Waals surface area contributed by atoms with Gasteiger partial charge in [-0.25, -0.2) is 9.18 Å². The zero-order chi connectivity index (χ0) is 26.9. The molecular formula is C24H21ClF4N4O4. The van der Waals surface area contributed by atoms with Crippen LogP contribution in [-0.2, 0) is 11.2 Å². The predicted octanol–water partition coefficient (Wildman–Crippen LogP) is 5.59. The molecule has 196 valence electrons. The highest BCUT2D eigenvalue weighted by Crippen LogP contribution is 2.39. The van der Waals surface area contributed by atoms with Crippen LogP contribution in [0, 0.1) is 12.7 Å². The van der Waals surface area contributed by atoms with Crippen LogP contribution < -0.4 is 10.6 Å². The third-order valence-corrected chi connectivity index (χ3v) is 6.02. The third-order valence-electron chi connectivity index (χ3n) is 5.81. The molecule has 1 atom stereocenters. The number of hydrogen-bond acceptors (Lipinski definition) is 5. The Balaban J connectivity index is 0.000000270. The van der Waals surface area contributed by atoms with Crippen molar-refractivity contribution in [3.8, 4) is 22.5 Å². The van der Waals surface area contributed by atoms with Crippen molar-refractivity contribution >= 4 is 23.6 Å². The first-order valence-corrected chi connectivity index (χ1v) is 11.6. The number of benzene rings is 2. The van der Waals surface area contributed by atoms with E-state index >= 15 is 0 Å². The number of nitrogens with zero attached hydrogens (tertiary/aromatic N) is 2. The summed E-state index contributed by atoms with van der Waals surface area (Å²) < 4.78 is 54.0. The predicted molar refractivity (Wildman–Crippen MR) is 124 cm³/mol. The van der Waals surface area contributed by atoms with Crippen molar-refractivity contribution in [3.63, 3.8) is 0 Å². The van der Waals surface area contributed by atoms with Crippen LogP contribution >= 0.6 is 11.6 Å². The van der Waals surface area contributed by atoms with Crippen molar-refractivity contribution in [2.45, 2.75) is 50.9 Å². The van der Waals surface area contributed by atoms with E-state index in [-0.39, 0.29) is 28.5 Å². The Kier molecular flexibility index (Phi) is 7.39. The van der Waals surface area contributed by atoms with Gasteiger partial charge < -0.3 is 20.3 Å². The van der Waals surface area contributed by atoms with Gasteiger partial charge >= 0.3 is 18.2 Å². The van der Waals surface area contributed by atoms with Crippen molar-refractivity contribution in [2.75, 3.05) is 0 Å². The summed E-state index contributed by atoms with van der Waals surface area (Å²) in [5.41, 5.74) is 3.47. The van der Waals surface area contributed by atoms with Gasteiger partial charge in [0.05, 0.1) is 11.6 Å². The van der Waals surface area contributed by atoms with Gasteiger partial charge in [-0.05, 0) is 60.1 Å². The minimum Gasteiger partial charge on any atom is -0.465 e. The summed E-state index contributed by atoms with van der Waals surface area (Å²) in [5.74, 6) is -1.87. The highest BCUT2D eigenvalue weighted by atomic mass is 35.5. The van der Waals surface area contributed by atoms with Gasteiger partial charge in [0, 0.05) is 18.0 Å². The van der Waals surface area contributed by atoms with E-state index in [1.54, 1.807) is 13.0 Å². The molecule has 1 aromatic heterocycles. The Bertz CT molecular complexity index is 1340. The Morgan fingerprint density at radius 2 is 1.86 bits per heavy atom. The smallest absolute Gasteiger partial charge is 0.465 e. The molecule has 3 aromatic rings. The van der Waals surface area contributed by atoms with E-state index in [0.717, 1.165) is 23.1 Å². The second-order valence-corrected chi connectivity index (χ2v) is 9.08. The number of halogens is 5. The minimum absolute atomic E-state index is 0.155. The summed E-state index contributed by atoms with van der Waals surface area (Å²) in [6, 6.07) is 8.03. The molecule has 1 saturated carbocycles. The Labute approximate surface area is 213 Å². The average Bonchev–Trinajstić information content (AvgIpc) is 3.39. The van der Waals surface area contributed by atoms with Gasteiger partial charge in [0.2, 0.25) is 11.7 Å². The fraction of sp³-hybridized carbons (Fsp3) is 0.333. The number of rotatable bonds is 4.